The Morgan fingerprint density at radius 2 is 1.96 bits per heavy atom. The van der Waals surface area contributed by atoms with E-state index in [0.29, 0.717) is 23.1 Å². The van der Waals surface area contributed by atoms with E-state index in [1.807, 2.05) is 0 Å². The van der Waals surface area contributed by atoms with Gasteiger partial charge in [-0.2, -0.15) is 22.8 Å². The molecule has 1 aliphatic heterocycles. The summed E-state index contributed by atoms with van der Waals surface area (Å²) < 4.78 is 38.2. The second-order valence-corrected chi connectivity index (χ2v) is 6.43. The molecule has 0 spiro atoms. The summed E-state index contributed by atoms with van der Waals surface area (Å²) in [5, 5.41) is 4.13. The van der Waals surface area contributed by atoms with Crippen molar-refractivity contribution in [3.8, 4) is 0 Å². The number of aromatic amines is 1. The van der Waals surface area contributed by atoms with Gasteiger partial charge in [0.05, 0.1) is 11.4 Å². The predicted octanol–water partition coefficient (Wildman–Crippen LogP) is 2.37. The second-order valence-electron chi connectivity index (χ2n) is 5.47. The van der Waals surface area contributed by atoms with Crippen molar-refractivity contribution in [3.63, 3.8) is 0 Å². The molecule has 2 aromatic heterocycles. The van der Waals surface area contributed by atoms with E-state index < -0.39 is 17.6 Å². The van der Waals surface area contributed by atoms with Crippen molar-refractivity contribution in [2.45, 2.75) is 37.5 Å². The highest BCUT2D eigenvalue weighted by Crippen LogP contribution is 2.29. The molecule has 3 heterocycles. The molecule has 6 nitrogen and oxygen atoms in total. The minimum Gasteiger partial charge on any atom is -0.367 e. The number of aromatic nitrogens is 4. The summed E-state index contributed by atoms with van der Waals surface area (Å²) in [7, 11) is 0. The molecule has 10 heteroatoms. The summed E-state index contributed by atoms with van der Waals surface area (Å²) in [4.78, 5) is 20.7. The van der Waals surface area contributed by atoms with Crippen LogP contribution in [0.1, 0.15) is 25.0 Å². The molecule has 0 saturated carbocycles. The fourth-order valence-corrected chi connectivity index (χ4v) is 3.33. The standard InChI is InChI=1S/C13H16F3N5OS/c1-8-9(20-5-3-2-4-6-20)10-17-11(23-7-13(14,15)16)18-12(22)21(10)19-8/h2-7H2,1H3,(H,17,18,22). The molecule has 126 valence electrons. The molecular weight excluding hydrogens is 331 g/mol. The summed E-state index contributed by atoms with van der Waals surface area (Å²) in [6.45, 7) is 3.45. The molecule has 0 aromatic carbocycles. The first-order valence-corrected chi connectivity index (χ1v) is 8.28. The monoisotopic (exact) mass is 347 g/mol. The SMILES string of the molecule is Cc1nn2c(=O)[nH]c(SCC(F)(F)F)nc2c1N1CCCCC1. The topological polar surface area (TPSA) is 66.3 Å². The van der Waals surface area contributed by atoms with Crippen LogP contribution in [-0.2, 0) is 0 Å². The normalized spacial score (nSPS) is 16.3. The Hall–Kier alpha value is -1.71. The van der Waals surface area contributed by atoms with Gasteiger partial charge in [0.25, 0.3) is 0 Å². The summed E-state index contributed by atoms with van der Waals surface area (Å²) in [6.07, 6.45) is -1.10. The number of nitrogens with zero attached hydrogens (tertiary/aromatic N) is 4. The van der Waals surface area contributed by atoms with E-state index in [-0.39, 0.29) is 5.16 Å². The van der Waals surface area contributed by atoms with Crippen molar-refractivity contribution in [2.75, 3.05) is 23.7 Å². The molecule has 0 bridgehead atoms. The highest BCUT2D eigenvalue weighted by molar-refractivity contribution is 7.99. The van der Waals surface area contributed by atoms with Gasteiger partial charge in [0, 0.05) is 13.1 Å². The van der Waals surface area contributed by atoms with E-state index in [2.05, 4.69) is 20.0 Å². The molecule has 0 unspecified atom stereocenters. The minimum absolute atomic E-state index is 0.0435. The fraction of sp³-hybridized carbons (Fsp3) is 0.615. The molecular formula is C13H16F3N5OS. The summed E-state index contributed by atoms with van der Waals surface area (Å²) in [5.74, 6) is -1.10. The molecule has 3 rings (SSSR count). The maximum Gasteiger partial charge on any atom is 0.398 e. The van der Waals surface area contributed by atoms with Crippen molar-refractivity contribution < 1.29 is 13.2 Å². The first-order chi connectivity index (χ1) is 10.8. The Balaban J connectivity index is 2.01. The van der Waals surface area contributed by atoms with Crippen LogP contribution in [0.3, 0.4) is 0 Å². The van der Waals surface area contributed by atoms with Crippen LogP contribution < -0.4 is 10.6 Å². The lowest BCUT2D eigenvalue weighted by Gasteiger charge is -2.28. The molecule has 0 atom stereocenters. The first kappa shape index (κ1) is 16.2. The lowest BCUT2D eigenvalue weighted by Crippen LogP contribution is -2.30. The Kier molecular flexibility index (Phi) is 4.26. The van der Waals surface area contributed by atoms with E-state index in [9.17, 15) is 18.0 Å². The number of rotatable bonds is 3. The molecule has 0 radical (unpaired) electrons. The van der Waals surface area contributed by atoms with E-state index in [0.717, 1.165) is 42.6 Å². The molecule has 0 aliphatic carbocycles. The van der Waals surface area contributed by atoms with Crippen LogP contribution in [0.4, 0.5) is 18.9 Å². The lowest BCUT2D eigenvalue weighted by atomic mass is 10.1. The first-order valence-electron chi connectivity index (χ1n) is 7.29. The Morgan fingerprint density at radius 1 is 1.26 bits per heavy atom. The van der Waals surface area contributed by atoms with Gasteiger partial charge in [-0.1, -0.05) is 11.8 Å². The minimum atomic E-state index is -4.32. The van der Waals surface area contributed by atoms with Gasteiger partial charge in [-0.15, -0.1) is 0 Å². The quantitative estimate of drug-likeness (QED) is 0.864. The molecule has 0 amide bonds. The van der Waals surface area contributed by atoms with Crippen LogP contribution in [0.15, 0.2) is 9.95 Å². The Morgan fingerprint density at radius 3 is 2.61 bits per heavy atom. The van der Waals surface area contributed by atoms with Gasteiger partial charge < -0.3 is 4.90 Å². The molecule has 1 N–H and O–H groups in total. The summed E-state index contributed by atoms with van der Waals surface area (Å²) >= 11 is 0.470. The van der Waals surface area contributed by atoms with E-state index in [4.69, 9.17) is 0 Å². The zero-order chi connectivity index (χ0) is 16.6. The third kappa shape index (κ3) is 3.46. The van der Waals surface area contributed by atoms with E-state index in [1.165, 1.54) is 0 Å². The fourth-order valence-electron chi connectivity index (χ4n) is 2.72. The van der Waals surface area contributed by atoms with Crippen LogP contribution in [0, 0.1) is 6.92 Å². The highest BCUT2D eigenvalue weighted by atomic mass is 32.2. The number of hydrogen-bond donors (Lipinski definition) is 1. The Labute approximate surface area is 134 Å². The predicted molar refractivity (Wildman–Crippen MR) is 81.2 cm³/mol. The van der Waals surface area contributed by atoms with Crippen LogP contribution in [0.25, 0.3) is 5.65 Å². The number of fused-ring (bicyclic) bond motifs is 1. The van der Waals surface area contributed by atoms with Gasteiger partial charge in [0.15, 0.2) is 10.8 Å². The Bertz CT molecular complexity index is 763. The molecule has 1 saturated heterocycles. The van der Waals surface area contributed by atoms with Crippen LogP contribution >= 0.6 is 11.8 Å². The summed E-state index contributed by atoms with van der Waals surface area (Å²) in [6, 6.07) is 0. The zero-order valence-corrected chi connectivity index (χ0v) is 13.3. The van der Waals surface area contributed by atoms with Crippen LogP contribution in [0.2, 0.25) is 0 Å². The molecule has 23 heavy (non-hydrogen) atoms. The third-order valence-electron chi connectivity index (χ3n) is 3.66. The number of hydrogen-bond acceptors (Lipinski definition) is 5. The largest absolute Gasteiger partial charge is 0.398 e. The van der Waals surface area contributed by atoms with Gasteiger partial charge in [-0.3, -0.25) is 4.98 Å². The number of piperidine rings is 1. The number of nitrogens with one attached hydrogen (secondary N) is 1. The van der Waals surface area contributed by atoms with Crippen LogP contribution in [-0.4, -0.2) is 44.6 Å². The lowest BCUT2D eigenvalue weighted by molar-refractivity contribution is -0.105. The van der Waals surface area contributed by atoms with Gasteiger partial charge in [-0.05, 0) is 26.2 Å². The number of aryl methyl sites for hydroxylation is 1. The van der Waals surface area contributed by atoms with Crippen molar-refractivity contribution in [1.29, 1.82) is 0 Å². The zero-order valence-electron chi connectivity index (χ0n) is 12.5. The average Bonchev–Trinajstić information content (AvgIpc) is 2.82. The molecule has 1 fully saturated rings. The van der Waals surface area contributed by atoms with Crippen molar-refractivity contribution in [2.24, 2.45) is 0 Å². The number of anilines is 1. The maximum absolute atomic E-state index is 12.4. The number of H-pyrrole nitrogens is 1. The number of halogens is 3. The summed E-state index contributed by atoms with van der Waals surface area (Å²) in [5.41, 5.74) is 1.14. The average molecular weight is 347 g/mol. The van der Waals surface area contributed by atoms with E-state index in [1.54, 1.807) is 6.92 Å². The smallest absolute Gasteiger partial charge is 0.367 e. The number of alkyl halides is 3. The van der Waals surface area contributed by atoms with Crippen molar-refractivity contribution in [3.05, 3.63) is 16.2 Å². The van der Waals surface area contributed by atoms with Crippen molar-refractivity contribution in [1.82, 2.24) is 19.6 Å². The molecule has 1 aliphatic rings. The van der Waals surface area contributed by atoms with E-state index >= 15 is 0 Å². The third-order valence-corrected chi connectivity index (χ3v) is 4.60. The highest BCUT2D eigenvalue weighted by Gasteiger charge is 2.28. The van der Waals surface area contributed by atoms with Crippen LogP contribution in [0.5, 0.6) is 0 Å². The van der Waals surface area contributed by atoms with Crippen molar-refractivity contribution >= 4 is 23.1 Å². The maximum atomic E-state index is 12.4. The van der Waals surface area contributed by atoms with Gasteiger partial charge in [0.2, 0.25) is 0 Å². The number of thioether (sulfide) groups is 1. The second kappa shape index (κ2) is 6.06. The van der Waals surface area contributed by atoms with Gasteiger partial charge in [-0.25, -0.2) is 9.78 Å². The molecule has 2 aromatic rings. The van der Waals surface area contributed by atoms with Gasteiger partial charge in [0.1, 0.15) is 5.69 Å². The van der Waals surface area contributed by atoms with Gasteiger partial charge >= 0.3 is 11.9 Å².